The number of nitrogens with zero attached hydrogens (tertiary/aromatic N) is 3. The Morgan fingerprint density at radius 1 is 0.933 bits per heavy atom. The summed E-state index contributed by atoms with van der Waals surface area (Å²) in [6, 6.07) is 0. The third kappa shape index (κ3) is 6.59. The maximum absolute atomic E-state index is 5.21. The average Bonchev–Trinajstić information content (AvgIpc) is 2.13. The molecule has 1 N–H and O–H groups in total. The van der Waals surface area contributed by atoms with Crippen molar-refractivity contribution in [3.8, 4) is 0 Å². The molecule has 0 amide bonds. The van der Waals surface area contributed by atoms with Crippen molar-refractivity contribution >= 4 is 34.7 Å². The molecule has 88 valence electrons. The van der Waals surface area contributed by atoms with Gasteiger partial charge in [0, 0.05) is 34.2 Å². The van der Waals surface area contributed by atoms with E-state index in [2.05, 4.69) is 10.2 Å². The first-order valence-corrected chi connectivity index (χ1v) is 5.54. The first kappa shape index (κ1) is 14.5. The lowest BCUT2D eigenvalue weighted by molar-refractivity contribution is 0.356. The Bertz CT molecular complexity index is 228. The molecule has 0 saturated heterocycles. The van der Waals surface area contributed by atoms with Crippen LogP contribution in [0.25, 0.3) is 0 Å². The van der Waals surface area contributed by atoms with Crippen LogP contribution in [0.1, 0.15) is 0 Å². The van der Waals surface area contributed by atoms with Crippen molar-refractivity contribution in [2.75, 3.05) is 48.3 Å². The van der Waals surface area contributed by atoms with Crippen molar-refractivity contribution < 1.29 is 0 Å². The van der Waals surface area contributed by atoms with Gasteiger partial charge in [-0.2, -0.15) is 0 Å². The van der Waals surface area contributed by atoms with Gasteiger partial charge in [-0.15, -0.1) is 0 Å². The molecule has 4 nitrogen and oxygen atoms in total. The molecule has 0 aromatic carbocycles. The van der Waals surface area contributed by atoms with Crippen LogP contribution in [0.2, 0.25) is 0 Å². The van der Waals surface area contributed by atoms with Crippen LogP contribution in [0.5, 0.6) is 0 Å². The number of rotatable bonds is 3. The van der Waals surface area contributed by atoms with Crippen molar-refractivity contribution in [1.82, 2.24) is 20.0 Å². The molecule has 0 aliphatic rings. The first-order chi connectivity index (χ1) is 6.84. The molecule has 0 saturated carbocycles. The molecule has 0 spiro atoms. The van der Waals surface area contributed by atoms with Gasteiger partial charge in [-0.05, 0) is 38.5 Å². The fourth-order valence-electron chi connectivity index (χ4n) is 0.750. The second kappa shape index (κ2) is 6.92. The van der Waals surface area contributed by atoms with E-state index < -0.39 is 0 Å². The van der Waals surface area contributed by atoms with Crippen LogP contribution in [-0.4, -0.2) is 73.3 Å². The summed E-state index contributed by atoms with van der Waals surface area (Å²) in [7, 11) is 9.80. The van der Waals surface area contributed by atoms with Gasteiger partial charge in [-0.3, -0.25) is 0 Å². The average molecular weight is 248 g/mol. The van der Waals surface area contributed by atoms with Crippen molar-refractivity contribution in [3.63, 3.8) is 0 Å². The van der Waals surface area contributed by atoms with E-state index in [0.29, 0.717) is 10.2 Å². The number of hydrogen-bond donors (Lipinski definition) is 1. The van der Waals surface area contributed by atoms with E-state index in [-0.39, 0.29) is 0 Å². The molecule has 0 aromatic rings. The molecule has 0 atom stereocenters. The molecule has 0 aliphatic carbocycles. The predicted molar refractivity (Wildman–Crippen MR) is 73.2 cm³/mol. The highest BCUT2D eigenvalue weighted by atomic mass is 32.1. The quantitative estimate of drug-likeness (QED) is 0.716. The van der Waals surface area contributed by atoms with Gasteiger partial charge in [-0.1, -0.05) is 0 Å². The largest absolute Gasteiger partial charge is 0.355 e. The first-order valence-electron chi connectivity index (χ1n) is 4.72. The summed E-state index contributed by atoms with van der Waals surface area (Å²) in [5.41, 5.74) is 0. The molecular formula is C9H20N4S2. The van der Waals surface area contributed by atoms with Crippen LogP contribution in [0.15, 0.2) is 0 Å². The van der Waals surface area contributed by atoms with Gasteiger partial charge in [0.25, 0.3) is 0 Å². The molecule has 0 aromatic heterocycles. The minimum absolute atomic E-state index is 0.636. The molecule has 0 heterocycles. The minimum atomic E-state index is 0.636. The molecular weight excluding hydrogens is 228 g/mol. The van der Waals surface area contributed by atoms with E-state index in [4.69, 9.17) is 24.4 Å². The van der Waals surface area contributed by atoms with Crippen molar-refractivity contribution in [1.29, 1.82) is 0 Å². The van der Waals surface area contributed by atoms with Crippen LogP contribution in [0, 0.1) is 0 Å². The van der Waals surface area contributed by atoms with Gasteiger partial charge >= 0.3 is 0 Å². The van der Waals surface area contributed by atoms with Gasteiger partial charge < -0.3 is 20.0 Å². The lowest BCUT2D eigenvalue weighted by Crippen LogP contribution is -2.46. The van der Waals surface area contributed by atoms with Crippen LogP contribution in [0.4, 0.5) is 0 Å². The topological polar surface area (TPSA) is 21.8 Å². The summed E-state index contributed by atoms with van der Waals surface area (Å²) in [4.78, 5) is 5.91. The second-order valence-electron chi connectivity index (χ2n) is 3.85. The van der Waals surface area contributed by atoms with Crippen molar-refractivity contribution in [2.24, 2.45) is 0 Å². The highest BCUT2D eigenvalue weighted by molar-refractivity contribution is 7.81. The monoisotopic (exact) mass is 248 g/mol. The highest BCUT2D eigenvalue weighted by Gasteiger charge is 2.07. The van der Waals surface area contributed by atoms with Gasteiger partial charge in [0.15, 0.2) is 10.2 Å². The number of thiocarbonyl (C=S) groups is 2. The lowest BCUT2D eigenvalue weighted by atomic mass is 10.5. The van der Waals surface area contributed by atoms with Gasteiger partial charge in [0.2, 0.25) is 0 Å². The smallest absolute Gasteiger partial charge is 0.174 e. The van der Waals surface area contributed by atoms with E-state index in [1.165, 1.54) is 0 Å². The molecule has 0 rings (SSSR count). The third-order valence-electron chi connectivity index (χ3n) is 1.85. The summed E-state index contributed by atoms with van der Waals surface area (Å²) in [5.74, 6) is 0. The molecule has 0 bridgehead atoms. The van der Waals surface area contributed by atoms with E-state index >= 15 is 0 Å². The number of nitrogens with one attached hydrogen (secondary N) is 1. The maximum Gasteiger partial charge on any atom is 0.174 e. The zero-order valence-corrected chi connectivity index (χ0v) is 11.7. The Morgan fingerprint density at radius 3 is 1.87 bits per heavy atom. The summed E-state index contributed by atoms with van der Waals surface area (Å²) in [6.07, 6.45) is 0. The fourth-order valence-corrected chi connectivity index (χ4v) is 1.10. The van der Waals surface area contributed by atoms with E-state index in [1.54, 1.807) is 0 Å². The molecule has 0 radical (unpaired) electrons. The van der Waals surface area contributed by atoms with Gasteiger partial charge in [-0.25, -0.2) is 0 Å². The molecule has 0 fully saturated rings. The van der Waals surface area contributed by atoms with Crippen LogP contribution >= 0.6 is 24.4 Å². The summed E-state index contributed by atoms with van der Waals surface area (Å²) in [6.45, 7) is 1.85. The highest BCUT2D eigenvalue weighted by Crippen LogP contribution is 1.88. The molecule has 0 aliphatic heterocycles. The maximum atomic E-state index is 5.21. The molecule has 15 heavy (non-hydrogen) atoms. The minimum Gasteiger partial charge on any atom is -0.355 e. The van der Waals surface area contributed by atoms with Gasteiger partial charge in [0.05, 0.1) is 0 Å². The third-order valence-corrected chi connectivity index (χ3v) is 2.73. The van der Waals surface area contributed by atoms with Gasteiger partial charge in [0.1, 0.15) is 0 Å². The van der Waals surface area contributed by atoms with Crippen LogP contribution in [-0.2, 0) is 0 Å². The lowest BCUT2D eigenvalue weighted by Gasteiger charge is -2.24. The SMILES string of the molecule is CN(C)CCN(C)C(=S)NC(=S)N(C)C. The van der Waals surface area contributed by atoms with Crippen molar-refractivity contribution in [2.45, 2.75) is 0 Å². The summed E-state index contributed by atoms with van der Waals surface area (Å²) < 4.78 is 0. The fraction of sp³-hybridized carbons (Fsp3) is 0.778. The molecule has 6 heteroatoms. The second-order valence-corrected chi connectivity index (χ2v) is 4.63. The Labute approximate surface area is 103 Å². The zero-order valence-electron chi connectivity index (χ0n) is 10.1. The Kier molecular flexibility index (Phi) is 6.71. The standard InChI is InChI=1S/C9H20N4S2/c1-11(2)6-7-13(5)9(15)10-8(14)12(3)4/h6-7H2,1-5H3,(H,10,14,15). The summed E-state index contributed by atoms with van der Waals surface area (Å²) in [5, 5.41) is 4.30. The predicted octanol–water partition coefficient (Wildman–Crippen LogP) is 0.201. The molecule has 0 unspecified atom stereocenters. The van der Waals surface area contributed by atoms with E-state index in [0.717, 1.165) is 13.1 Å². The van der Waals surface area contributed by atoms with E-state index in [9.17, 15) is 0 Å². The van der Waals surface area contributed by atoms with E-state index in [1.807, 2.05) is 45.0 Å². The Hall–Kier alpha value is -0.460. The number of hydrogen-bond acceptors (Lipinski definition) is 3. The van der Waals surface area contributed by atoms with Crippen LogP contribution in [0.3, 0.4) is 0 Å². The normalized spacial score (nSPS) is 10.0. The zero-order chi connectivity index (χ0) is 12.0. The Balaban J connectivity index is 3.94. The summed E-state index contributed by atoms with van der Waals surface area (Å²) >= 11 is 10.3. The Morgan fingerprint density at radius 2 is 1.47 bits per heavy atom. The van der Waals surface area contributed by atoms with Crippen LogP contribution < -0.4 is 5.32 Å². The van der Waals surface area contributed by atoms with Crippen molar-refractivity contribution in [3.05, 3.63) is 0 Å². The number of likely N-dealkylation sites (N-methyl/N-ethyl adjacent to an activating group) is 2.